The van der Waals surface area contributed by atoms with E-state index in [-0.39, 0.29) is 5.69 Å². The minimum atomic E-state index is -0.513. The summed E-state index contributed by atoms with van der Waals surface area (Å²) in [7, 11) is 0. The number of hydrogen-bond donors (Lipinski definition) is 3. The maximum absolute atomic E-state index is 12.1. The average Bonchev–Trinajstić information content (AvgIpc) is 2.78. The van der Waals surface area contributed by atoms with Gasteiger partial charge >= 0.3 is 6.03 Å². The Morgan fingerprint density at radius 3 is 2.39 bits per heavy atom. The predicted molar refractivity (Wildman–Crippen MR) is 119 cm³/mol. The molecule has 1 saturated heterocycles. The van der Waals surface area contributed by atoms with Gasteiger partial charge < -0.3 is 10.2 Å². The van der Waals surface area contributed by atoms with Gasteiger partial charge in [0.1, 0.15) is 0 Å². The first-order chi connectivity index (χ1) is 15.0. The third-order valence-corrected chi connectivity index (χ3v) is 5.11. The number of nitrogens with one attached hydrogen (secondary N) is 3. The molecule has 1 heterocycles. The first-order valence-electron chi connectivity index (χ1n) is 10.1. The molecule has 31 heavy (non-hydrogen) atoms. The lowest BCUT2D eigenvalue weighted by molar-refractivity contribution is -0.384. The summed E-state index contributed by atoms with van der Waals surface area (Å²) in [4.78, 5) is 36.6. The lowest BCUT2D eigenvalue weighted by Gasteiger charge is -2.30. The number of piperidine rings is 1. The first kappa shape index (κ1) is 21.8. The van der Waals surface area contributed by atoms with E-state index in [1.54, 1.807) is 18.2 Å². The minimum absolute atomic E-state index is 0.0627. The number of non-ortho nitro benzene ring substituents is 1. The van der Waals surface area contributed by atoms with Gasteiger partial charge in [-0.05, 0) is 43.0 Å². The summed E-state index contributed by atoms with van der Waals surface area (Å²) in [5.41, 5.74) is 8.42. The number of nitro groups is 1. The van der Waals surface area contributed by atoms with E-state index in [0.29, 0.717) is 31.6 Å². The van der Waals surface area contributed by atoms with E-state index in [9.17, 15) is 19.7 Å². The van der Waals surface area contributed by atoms with Crippen molar-refractivity contribution in [2.75, 3.05) is 23.3 Å². The highest BCUT2D eigenvalue weighted by Gasteiger charge is 2.16. The number of benzene rings is 2. The molecule has 2 aromatic carbocycles. The van der Waals surface area contributed by atoms with Crippen LogP contribution >= 0.6 is 0 Å². The van der Waals surface area contributed by atoms with Crippen LogP contribution in [0.1, 0.15) is 25.3 Å². The van der Waals surface area contributed by atoms with Crippen LogP contribution in [0.4, 0.5) is 21.9 Å². The smallest absolute Gasteiger partial charge is 0.337 e. The largest absolute Gasteiger partial charge is 0.371 e. The van der Waals surface area contributed by atoms with Gasteiger partial charge in [-0.15, -0.1) is 0 Å². The number of urea groups is 1. The van der Waals surface area contributed by atoms with Crippen molar-refractivity contribution in [2.24, 2.45) is 0 Å². The van der Waals surface area contributed by atoms with Crippen LogP contribution in [0.15, 0.2) is 60.2 Å². The molecule has 0 saturated carbocycles. The van der Waals surface area contributed by atoms with Crippen LogP contribution in [0.2, 0.25) is 0 Å². The number of para-hydroxylation sites is 1. The molecule has 1 aliphatic rings. The number of nitrogens with zero attached hydrogens (tertiary/aromatic N) is 2. The van der Waals surface area contributed by atoms with Gasteiger partial charge in [-0.25, -0.2) is 10.2 Å². The maximum Gasteiger partial charge on any atom is 0.337 e. The number of hydrogen-bond acceptors (Lipinski definition) is 5. The summed E-state index contributed by atoms with van der Waals surface area (Å²) in [6.07, 6.45) is 3.68. The van der Waals surface area contributed by atoms with Crippen LogP contribution in [0.3, 0.4) is 0 Å². The van der Waals surface area contributed by atoms with Crippen LogP contribution in [-0.2, 0) is 11.2 Å². The second-order valence-corrected chi connectivity index (χ2v) is 7.14. The average molecular weight is 423 g/mol. The van der Waals surface area contributed by atoms with Crippen LogP contribution in [0, 0.1) is 10.1 Å². The van der Waals surface area contributed by atoms with Gasteiger partial charge in [0.15, 0.2) is 0 Å². The summed E-state index contributed by atoms with van der Waals surface area (Å²) >= 11 is 0. The van der Waals surface area contributed by atoms with Crippen LogP contribution in [-0.4, -0.2) is 30.0 Å². The number of hydrazine groups is 1. The maximum atomic E-state index is 12.1. The zero-order valence-electron chi connectivity index (χ0n) is 17.3. The molecule has 0 radical (unpaired) electrons. The van der Waals surface area contributed by atoms with Gasteiger partial charge in [0.05, 0.1) is 4.92 Å². The van der Waals surface area contributed by atoms with Crippen molar-refractivity contribution >= 4 is 29.0 Å². The van der Waals surface area contributed by atoms with E-state index >= 15 is 0 Å². The highest BCUT2D eigenvalue weighted by molar-refractivity contribution is 5.94. The molecule has 0 bridgehead atoms. The lowest BCUT2D eigenvalue weighted by Crippen LogP contribution is -2.43. The predicted octanol–water partition coefficient (Wildman–Crippen LogP) is 3.54. The van der Waals surface area contributed by atoms with Crippen LogP contribution in [0.25, 0.3) is 0 Å². The van der Waals surface area contributed by atoms with Crippen molar-refractivity contribution < 1.29 is 14.5 Å². The zero-order valence-corrected chi connectivity index (χ0v) is 17.3. The number of carbonyl (C=O) groups excluding carboxylic acids is 2. The van der Waals surface area contributed by atoms with Gasteiger partial charge in [0.25, 0.3) is 11.6 Å². The van der Waals surface area contributed by atoms with Gasteiger partial charge in [-0.1, -0.05) is 30.7 Å². The third kappa shape index (κ3) is 6.05. The third-order valence-electron chi connectivity index (χ3n) is 5.11. The van der Waals surface area contributed by atoms with E-state index in [4.69, 9.17) is 0 Å². The molecule has 0 aromatic heterocycles. The molecule has 0 unspecified atom stereocenters. The summed E-state index contributed by atoms with van der Waals surface area (Å²) in [6, 6.07) is 13.4. The van der Waals surface area contributed by atoms with Crippen molar-refractivity contribution in [3.05, 3.63) is 75.9 Å². The molecule has 1 aliphatic heterocycles. The van der Waals surface area contributed by atoms with Crippen LogP contribution < -0.4 is 21.1 Å². The molecule has 9 heteroatoms. The highest BCUT2D eigenvalue weighted by Crippen LogP contribution is 2.24. The van der Waals surface area contributed by atoms with Crippen molar-refractivity contribution in [1.29, 1.82) is 0 Å². The molecular weight excluding hydrogens is 398 g/mol. The minimum Gasteiger partial charge on any atom is -0.371 e. The molecule has 3 amide bonds. The topological polar surface area (TPSA) is 117 Å². The monoisotopic (exact) mass is 423 g/mol. The molecule has 2 aromatic rings. The fourth-order valence-corrected chi connectivity index (χ4v) is 3.43. The van der Waals surface area contributed by atoms with Crippen molar-refractivity contribution in [2.45, 2.75) is 26.2 Å². The van der Waals surface area contributed by atoms with Gasteiger partial charge in [0.2, 0.25) is 0 Å². The molecular formula is C22H25N5O4. The normalized spacial score (nSPS) is 13.3. The second-order valence-electron chi connectivity index (χ2n) is 7.14. The summed E-state index contributed by atoms with van der Waals surface area (Å²) in [5, 5.41) is 13.5. The molecule has 0 spiro atoms. The summed E-state index contributed by atoms with van der Waals surface area (Å²) in [6.45, 7) is 3.41. The lowest BCUT2D eigenvalue weighted by atomic mass is 10.0. The van der Waals surface area contributed by atoms with Crippen molar-refractivity contribution in [3.8, 4) is 0 Å². The van der Waals surface area contributed by atoms with E-state index in [1.807, 2.05) is 25.1 Å². The fourth-order valence-electron chi connectivity index (χ4n) is 3.43. The zero-order chi connectivity index (χ0) is 22.2. The standard InChI is InChI=1S/C22H25N5O4/c1-2-17-5-3-4-6-20(17)23-22(29)25-24-21(28)15-16-11-13-26(14-12-16)18-7-9-19(10-8-18)27(30)31/h3-10,15H,2,11-14H2,1H3,(H,24,28)(H2,23,25,29). The Morgan fingerprint density at radius 2 is 1.74 bits per heavy atom. The Balaban J connectivity index is 1.45. The molecule has 1 fully saturated rings. The Bertz CT molecular complexity index is 978. The van der Waals surface area contributed by atoms with Gasteiger partial charge in [-0.2, -0.15) is 0 Å². The Labute approximate surface area is 180 Å². The second kappa shape index (κ2) is 10.2. The SMILES string of the molecule is CCc1ccccc1NC(=O)NNC(=O)C=C1CCN(c2ccc([N+](=O)[O-])cc2)CC1. The first-order valence-corrected chi connectivity index (χ1v) is 10.1. The quantitative estimate of drug-likeness (QED) is 0.386. The molecule has 162 valence electrons. The Hall–Kier alpha value is -3.88. The summed E-state index contributed by atoms with van der Waals surface area (Å²) in [5.74, 6) is -0.391. The molecule has 9 nitrogen and oxygen atoms in total. The number of carbonyl (C=O) groups is 2. The highest BCUT2D eigenvalue weighted by atomic mass is 16.6. The molecule has 3 N–H and O–H groups in total. The molecule has 3 rings (SSSR count). The molecule has 0 atom stereocenters. The fraction of sp³-hybridized carbons (Fsp3) is 0.273. The number of nitro benzene ring substituents is 1. The number of rotatable bonds is 5. The van der Waals surface area contributed by atoms with E-state index in [2.05, 4.69) is 21.1 Å². The molecule has 0 aliphatic carbocycles. The number of amides is 3. The van der Waals surface area contributed by atoms with E-state index in [1.165, 1.54) is 18.2 Å². The van der Waals surface area contributed by atoms with E-state index < -0.39 is 16.9 Å². The van der Waals surface area contributed by atoms with Crippen molar-refractivity contribution in [3.63, 3.8) is 0 Å². The van der Waals surface area contributed by atoms with Crippen LogP contribution in [0.5, 0.6) is 0 Å². The van der Waals surface area contributed by atoms with Crippen molar-refractivity contribution in [1.82, 2.24) is 10.9 Å². The van der Waals surface area contributed by atoms with Gasteiger partial charge in [0, 0.05) is 42.7 Å². The summed E-state index contributed by atoms with van der Waals surface area (Å²) < 4.78 is 0. The Kier molecular flexibility index (Phi) is 7.21. The Morgan fingerprint density at radius 1 is 1.06 bits per heavy atom. The van der Waals surface area contributed by atoms with Gasteiger partial charge in [-0.3, -0.25) is 20.3 Å². The number of anilines is 2. The number of aryl methyl sites for hydroxylation is 1. The van der Waals surface area contributed by atoms with E-state index in [0.717, 1.165) is 23.2 Å².